The molecule has 4 rings (SSSR count). The summed E-state index contributed by atoms with van der Waals surface area (Å²) in [7, 11) is 0. The van der Waals surface area contributed by atoms with Crippen molar-refractivity contribution in [1.29, 1.82) is 10.7 Å². The fourth-order valence-corrected chi connectivity index (χ4v) is 4.82. The van der Waals surface area contributed by atoms with Crippen LogP contribution in [-0.2, 0) is 12.0 Å². The third kappa shape index (κ3) is 2.68. The van der Waals surface area contributed by atoms with Crippen LogP contribution in [-0.4, -0.2) is 15.7 Å². The Labute approximate surface area is 162 Å². The summed E-state index contributed by atoms with van der Waals surface area (Å²) in [6.45, 7) is 2.04. The topological polar surface area (TPSA) is 97.5 Å². The summed E-state index contributed by atoms with van der Waals surface area (Å²) >= 11 is 4.95. The Bertz CT molecular complexity index is 1070. The van der Waals surface area contributed by atoms with Gasteiger partial charge in [0.25, 0.3) is 5.56 Å². The van der Waals surface area contributed by atoms with Crippen molar-refractivity contribution < 1.29 is 0 Å². The Morgan fingerprint density at radius 3 is 3.12 bits per heavy atom. The van der Waals surface area contributed by atoms with Gasteiger partial charge in [-0.15, -0.1) is 11.3 Å². The molecule has 0 bridgehead atoms. The average Bonchev–Trinajstić information content (AvgIpc) is 3.23. The Morgan fingerprint density at radius 1 is 1.54 bits per heavy atom. The third-order valence-electron chi connectivity index (χ3n) is 4.79. The first-order valence-electron chi connectivity index (χ1n) is 8.15. The highest BCUT2D eigenvalue weighted by Crippen LogP contribution is 2.37. The van der Waals surface area contributed by atoms with E-state index in [1.807, 2.05) is 19.1 Å². The van der Waals surface area contributed by atoms with Crippen molar-refractivity contribution in [3.8, 4) is 6.07 Å². The van der Waals surface area contributed by atoms with Crippen LogP contribution in [0.1, 0.15) is 29.5 Å². The fraction of sp³-hybridized carbons (Fsp3) is 0.278. The van der Waals surface area contributed by atoms with E-state index in [9.17, 15) is 4.79 Å². The lowest BCUT2D eigenvalue weighted by atomic mass is 9.90. The molecule has 2 aliphatic rings. The Kier molecular flexibility index (Phi) is 4.01. The van der Waals surface area contributed by atoms with Crippen molar-refractivity contribution >= 4 is 38.8 Å². The number of hydrogen-bond acceptors (Lipinski definition) is 4. The lowest BCUT2D eigenvalue weighted by molar-refractivity contribution is 0.400. The molecule has 132 valence electrons. The summed E-state index contributed by atoms with van der Waals surface area (Å²) < 4.78 is 1.95. The number of aromatic nitrogens is 2. The summed E-state index contributed by atoms with van der Waals surface area (Å²) in [5.74, 6) is 0.0630. The maximum absolute atomic E-state index is 11.9. The van der Waals surface area contributed by atoms with Crippen LogP contribution >= 0.6 is 27.3 Å². The van der Waals surface area contributed by atoms with Crippen molar-refractivity contribution in [2.45, 2.75) is 25.3 Å². The second-order valence-electron chi connectivity index (χ2n) is 6.71. The van der Waals surface area contributed by atoms with Crippen LogP contribution in [0.25, 0.3) is 5.57 Å². The molecule has 2 atom stereocenters. The number of aromatic amines is 1. The quantitative estimate of drug-likeness (QED) is 0.682. The van der Waals surface area contributed by atoms with Crippen molar-refractivity contribution in [2.24, 2.45) is 5.92 Å². The minimum Gasteiger partial charge on any atom is -0.344 e. The van der Waals surface area contributed by atoms with Crippen LogP contribution in [0.5, 0.6) is 0 Å². The molecular weight excluding hydrogens is 414 g/mol. The predicted octanol–water partition coefficient (Wildman–Crippen LogP) is 3.33. The molecule has 0 saturated heterocycles. The fourth-order valence-electron chi connectivity index (χ4n) is 3.38. The summed E-state index contributed by atoms with van der Waals surface area (Å²) in [6.07, 6.45) is 7.42. The van der Waals surface area contributed by atoms with Crippen LogP contribution in [0.2, 0.25) is 0 Å². The molecule has 0 fully saturated rings. The molecule has 0 aromatic carbocycles. The zero-order valence-electron chi connectivity index (χ0n) is 14.0. The number of halogens is 1. The molecular formula is C18H16BrN5OS. The van der Waals surface area contributed by atoms with E-state index in [1.165, 1.54) is 4.68 Å². The van der Waals surface area contributed by atoms with Crippen molar-refractivity contribution in [3.63, 3.8) is 0 Å². The van der Waals surface area contributed by atoms with Gasteiger partial charge < -0.3 is 5.32 Å². The second-order valence-corrected chi connectivity index (χ2v) is 8.42. The lowest BCUT2D eigenvalue weighted by Gasteiger charge is -2.35. The molecule has 1 aliphatic carbocycles. The smallest absolute Gasteiger partial charge is 0.279 e. The Balaban J connectivity index is 1.70. The lowest BCUT2D eigenvalue weighted by Crippen LogP contribution is -2.52. The summed E-state index contributed by atoms with van der Waals surface area (Å²) in [5, 5.41) is 25.4. The van der Waals surface area contributed by atoms with E-state index in [-0.39, 0.29) is 17.4 Å². The number of rotatable bonds is 2. The molecule has 2 aromatic heterocycles. The van der Waals surface area contributed by atoms with Gasteiger partial charge in [0, 0.05) is 11.3 Å². The summed E-state index contributed by atoms with van der Waals surface area (Å²) in [5.41, 5.74) is 2.18. The molecule has 0 radical (unpaired) electrons. The minimum atomic E-state index is -0.481. The highest BCUT2D eigenvalue weighted by atomic mass is 79.9. The van der Waals surface area contributed by atoms with E-state index in [0.717, 1.165) is 28.1 Å². The average molecular weight is 430 g/mol. The van der Waals surface area contributed by atoms with E-state index in [1.54, 1.807) is 11.3 Å². The summed E-state index contributed by atoms with van der Waals surface area (Å²) in [4.78, 5) is 13.0. The molecule has 6 nitrogen and oxygen atoms in total. The Hall–Kier alpha value is -2.37. The molecule has 0 amide bonds. The normalized spacial score (nSPS) is 24.6. The van der Waals surface area contributed by atoms with Crippen molar-refractivity contribution in [1.82, 2.24) is 15.1 Å². The molecule has 26 heavy (non-hydrogen) atoms. The van der Waals surface area contributed by atoms with Gasteiger partial charge in [0.2, 0.25) is 5.96 Å². The van der Waals surface area contributed by atoms with Gasteiger partial charge in [-0.2, -0.15) is 5.26 Å². The first kappa shape index (κ1) is 17.1. The first-order valence-corrected chi connectivity index (χ1v) is 9.82. The zero-order chi connectivity index (χ0) is 18.5. The van der Waals surface area contributed by atoms with E-state index in [4.69, 9.17) is 10.7 Å². The number of nitrogens with zero attached hydrogens (tertiary/aromatic N) is 2. The van der Waals surface area contributed by atoms with Crippen LogP contribution in [0, 0.1) is 22.7 Å². The van der Waals surface area contributed by atoms with E-state index in [2.05, 4.69) is 49.9 Å². The van der Waals surface area contributed by atoms with Gasteiger partial charge in [-0.25, -0.2) is 4.68 Å². The highest BCUT2D eigenvalue weighted by molar-refractivity contribution is 9.10. The second kappa shape index (κ2) is 6.11. The number of fused-ring (bicyclic) bond motifs is 1. The third-order valence-corrected chi connectivity index (χ3v) is 6.80. The molecule has 1 unspecified atom stereocenters. The van der Waals surface area contributed by atoms with E-state index >= 15 is 0 Å². The zero-order valence-corrected chi connectivity index (χ0v) is 16.4. The van der Waals surface area contributed by atoms with Gasteiger partial charge in [-0.3, -0.25) is 15.3 Å². The molecule has 2 aromatic rings. The van der Waals surface area contributed by atoms with E-state index in [0.29, 0.717) is 10.9 Å². The van der Waals surface area contributed by atoms with Crippen LogP contribution < -0.4 is 10.9 Å². The van der Waals surface area contributed by atoms with Gasteiger partial charge in [-0.05, 0) is 51.9 Å². The largest absolute Gasteiger partial charge is 0.344 e. The van der Waals surface area contributed by atoms with Gasteiger partial charge in [0.15, 0.2) is 0 Å². The summed E-state index contributed by atoms with van der Waals surface area (Å²) in [6, 6.07) is 4.41. The predicted molar refractivity (Wildman–Crippen MR) is 105 cm³/mol. The molecule has 1 aliphatic heterocycles. The Morgan fingerprint density at radius 2 is 2.35 bits per heavy atom. The number of nitrogens with one attached hydrogen (secondary N) is 3. The minimum absolute atomic E-state index is 0.0832. The maximum atomic E-state index is 11.9. The molecule has 3 heterocycles. The molecule has 0 spiro atoms. The van der Waals surface area contributed by atoms with Crippen LogP contribution in [0.3, 0.4) is 0 Å². The van der Waals surface area contributed by atoms with Gasteiger partial charge in [-0.1, -0.05) is 18.2 Å². The molecule has 0 saturated carbocycles. The molecule has 3 N–H and O–H groups in total. The highest BCUT2D eigenvalue weighted by Gasteiger charge is 2.37. The number of hydrogen-bond donors (Lipinski definition) is 3. The van der Waals surface area contributed by atoms with Gasteiger partial charge in [0.05, 0.1) is 23.2 Å². The number of nitriles is 1. The number of H-pyrrole nitrogens is 1. The standard InChI is InChI=1S/C18H16BrN5OS/c1-18(7-13-15(19)16(25)23-24(13)17(21)22-18)14-6-12(9-26-14)11-4-2-3-10(5-11)8-20/h2,4-6,9-10H,3,7H2,1H3,(H2,21,22)(H,23,25)/t10?,18-/m0/s1. The van der Waals surface area contributed by atoms with Crippen molar-refractivity contribution in [2.75, 3.05) is 0 Å². The molecule has 8 heteroatoms. The van der Waals surface area contributed by atoms with Crippen molar-refractivity contribution in [3.05, 3.63) is 60.6 Å². The van der Waals surface area contributed by atoms with Gasteiger partial charge in [0.1, 0.15) is 4.47 Å². The van der Waals surface area contributed by atoms with Crippen LogP contribution in [0.15, 0.2) is 38.9 Å². The maximum Gasteiger partial charge on any atom is 0.279 e. The van der Waals surface area contributed by atoms with Crippen LogP contribution in [0.4, 0.5) is 0 Å². The number of allylic oxidation sites excluding steroid dienone is 4. The monoisotopic (exact) mass is 429 g/mol. The number of thiophene rings is 1. The SMILES string of the molecule is C[C@@]1(c2cc(C3=CC(C#N)CC=C3)cs2)Cc2c(Br)c(=O)[nH]n2C(=N)N1. The van der Waals surface area contributed by atoms with Gasteiger partial charge >= 0.3 is 0 Å². The van der Waals surface area contributed by atoms with E-state index < -0.39 is 5.54 Å². The first-order chi connectivity index (χ1) is 12.4.